The Kier molecular flexibility index (Phi) is 3.42. The Balaban J connectivity index is 1.58. The van der Waals surface area contributed by atoms with Gasteiger partial charge in [0.2, 0.25) is 10.0 Å². The van der Waals surface area contributed by atoms with Crippen LogP contribution in [0.1, 0.15) is 13.3 Å². The maximum Gasteiger partial charge on any atom is 0.332 e. The van der Waals surface area contributed by atoms with Crippen molar-refractivity contribution < 1.29 is 18.0 Å². The molecule has 140 valence electrons. The summed E-state index contributed by atoms with van der Waals surface area (Å²) >= 11 is 0. The van der Waals surface area contributed by atoms with Crippen LogP contribution in [0.4, 0.5) is 10.5 Å². The largest absolute Gasteiger partial charge is 0.332 e. The molecule has 3 amide bonds. The number of carbonyl (C=O) groups is 2. The molecule has 0 saturated carbocycles. The first-order valence-corrected chi connectivity index (χ1v) is 10.7. The SMILES string of the molecule is CCS(=O)(=O)N1CC2CC1[C@@H]1C(=O)N(c3cccc4ccccc34)C(=O)N21. The van der Waals surface area contributed by atoms with E-state index < -0.39 is 22.1 Å². The second-order valence-corrected chi connectivity index (χ2v) is 9.44. The topological polar surface area (TPSA) is 78.0 Å². The highest BCUT2D eigenvalue weighted by atomic mass is 32.2. The number of hydrogen-bond acceptors (Lipinski definition) is 4. The van der Waals surface area contributed by atoms with E-state index in [1.807, 2.05) is 36.4 Å². The van der Waals surface area contributed by atoms with Crippen LogP contribution in [0.5, 0.6) is 0 Å². The lowest BCUT2D eigenvalue weighted by Crippen LogP contribution is -2.55. The maximum atomic E-state index is 13.2. The molecule has 3 fully saturated rings. The first-order valence-electron chi connectivity index (χ1n) is 9.07. The van der Waals surface area contributed by atoms with E-state index in [1.165, 1.54) is 9.21 Å². The van der Waals surface area contributed by atoms with E-state index in [0.717, 1.165) is 10.8 Å². The summed E-state index contributed by atoms with van der Waals surface area (Å²) in [6.45, 7) is 1.88. The number of rotatable bonds is 3. The lowest BCUT2D eigenvalue weighted by atomic mass is 10.1. The normalized spacial score (nSPS) is 27.8. The van der Waals surface area contributed by atoms with Crippen molar-refractivity contribution in [2.75, 3.05) is 17.2 Å². The molecule has 3 heterocycles. The predicted molar refractivity (Wildman–Crippen MR) is 101 cm³/mol. The highest BCUT2D eigenvalue weighted by Gasteiger charge is 2.63. The Morgan fingerprint density at radius 2 is 1.81 bits per heavy atom. The summed E-state index contributed by atoms with van der Waals surface area (Å²) < 4.78 is 26.2. The molecule has 0 aliphatic carbocycles. The lowest BCUT2D eigenvalue weighted by molar-refractivity contribution is -0.120. The van der Waals surface area contributed by atoms with Gasteiger partial charge in [0, 0.05) is 18.0 Å². The number of anilines is 1. The summed E-state index contributed by atoms with van der Waals surface area (Å²) in [5, 5.41) is 1.77. The molecule has 2 bridgehead atoms. The van der Waals surface area contributed by atoms with Crippen molar-refractivity contribution >= 4 is 38.4 Å². The van der Waals surface area contributed by atoms with Crippen LogP contribution in [0.3, 0.4) is 0 Å². The van der Waals surface area contributed by atoms with Gasteiger partial charge in [-0.15, -0.1) is 0 Å². The minimum Gasteiger partial charge on any atom is -0.306 e. The molecular formula is C19H19N3O4S. The van der Waals surface area contributed by atoms with Crippen LogP contribution in [0.2, 0.25) is 0 Å². The molecule has 0 spiro atoms. The summed E-state index contributed by atoms with van der Waals surface area (Å²) in [7, 11) is -3.40. The van der Waals surface area contributed by atoms with Gasteiger partial charge < -0.3 is 4.90 Å². The van der Waals surface area contributed by atoms with Gasteiger partial charge in [-0.05, 0) is 24.8 Å². The molecule has 8 heteroatoms. The van der Waals surface area contributed by atoms with Gasteiger partial charge in [-0.2, -0.15) is 4.31 Å². The Morgan fingerprint density at radius 3 is 2.59 bits per heavy atom. The van der Waals surface area contributed by atoms with Crippen molar-refractivity contribution in [3.8, 4) is 0 Å². The molecule has 3 saturated heterocycles. The molecule has 0 radical (unpaired) electrons. The van der Waals surface area contributed by atoms with Crippen LogP contribution in [-0.2, 0) is 14.8 Å². The molecule has 3 aliphatic rings. The zero-order valence-corrected chi connectivity index (χ0v) is 15.6. The van der Waals surface area contributed by atoms with E-state index in [-0.39, 0.29) is 30.3 Å². The summed E-state index contributed by atoms with van der Waals surface area (Å²) in [5.41, 5.74) is 0.557. The maximum absolute atomic E-state index is 13.2. The number of urea groups is 1. The molecule has 3 aliphatic heterocycles. The van der Waals surface area contributed by atoms with Gasteiger partial charge in [0.15, 0.2) is 0 Å². The third-order valence-corrected chi connectivity index (χ3v) is 7.81. The van der Waals surface area contributed by atoms with E-state index in [0.29, 0.717) is 12.1 Å². The zero-order chi connectivity index (χ0) is 18.9. The third kappa shape index (κ3) is 2.14. The van der Waals surface area contributed by atoms with E-state index >= 15 is 0 Å². The summed E-state index contributed by atoms with van der Waals surface area (Å²) in [6.07, 6.45) is 0.532. The molecule has 2 aromatic carbocycles. The van der Waals surface area contributed by atoms with Gasteiger partial charge in [-0.3, -0.25) is 4.79 Å². The molecule has 0 aromatic heterocycles. The van der Waals surface area contributed by atoms with Crippen molar-refractivity contribution in [1.29, 1.82) is 0 Å². The number of sulfonamides is 1. The zero-order valence-electron chi connectivity index (χ0n) is 14.8. The van der Waals surface area contributed by atoms with Gasteiger partial charge in [0.05, 0.1) is 17.5 Å². The number of hydrogen-bond donors (Lipinski definition) is 0. The standard InChI is InChI=1S/C19H19N3O4S/c1-2-27(25,26)20-11-13-10-16(20)17-18(23)22(19(24)21(13)17)15-9-5-7-12-6-3-4-8-14(12)15/h3-9,13,16-17H,2,10-11H2,1H3/t13?,16?,17-/m1/s1. The fraction of sp³-hybridized carbons (Fsp3) is 0.368. The van der Waals surface area contributed by atoms with Crippen LogP contribution >= 0.6 is 0 Å². The van der Waals surface area contributed by atoms with Gasteiger partial charge in [0.1, 0.15) is 6.04 Å². The van der Waals surface area contributed by atoms with Crippen molar-refractivity contribution in [1.82, 2.24) is 9.21 Å². The smallest absolute Gasteiger partial charge is 0.306 e. The van der Waals surface area contributed by atoms with Crippen LogP contribution < -0.4 is 4.90 Å². The van der Waals surface area contributed by atoms with Crippen LogP contribution in [0.25, 0.3) is 10.8 Å². The molecule has 3 atom stereocenters. The second kappa shape index (κ2) is 5.53. The number of carbonyl (C=O) groups excluding carboxylic acids is 2. The molecule has 5 rings (SSSR count). The quantitative estimate of drug-likeness (QED) is 0.755. The van der Waals surface area contributed by atoms with E-state index in [4.69, 9.17) is 0 Å². The Labute approximate surface area is 157 Å². The molecular weight excluding hydrogens is 366 g/mol. The first kappa shape index (κ1) is 16.7. The molecule has 0 N–H and O–H groups in total. The second-order valence-electron chi connectivity index (χ2n) is 7.23. The highest BCUT2D eigenvalue weighted by molar-refractivity contribution is 7.89. The van der Waals surface area contributed by atoms with Gasteiger partial charge in [-0.25, -0.2) is 18.1 Å². The molecule has 27 heavy (non-hydrogen) atoms. The average molecular weight is 385 g/mol. The number of nitrogens with zero attached hydrogens (tertiary/aromatic N) is 3. The summed E-state index contributed by atoms with van der Waals surface area (Å²) in [4.78, 5) is 29.2. The fourth-order valence-electron chi connectivity index (χ4n) is 4.73. The summed E-state index contributed by atoms with van der Waals surface area (Å²) in [5.74, 6) is -0.335. The molecule has 7 nitrogen and oxygen atoms in total. The monoisotopic (exact) mass is 385 g/mol. The van der Waals surface area contributed by atoms with E-state index in [2.05, 4.69) is 0 Å². The van der Waals surface area contributed by atoms with E-state index in [1.54, 1.807) is 17.9 Å². The minimum absolute atomic E-state index is 0.00187. The lowest BCUT2D eigenvalue weighted by Gasteiger charge is -2.33. The first-order chi connectivity index (χ1) is 12.9. The Morgan fingerprint density at radius 1 is 1.07 bits per heavy atom. The Bertz CT molecular complexity index is 1080. The highest BCUT2D eigenvalue weighted by Crippen LogP contribution is 2.44. The number of fused-ring (bicyclic) bond motifs is 6. The van der Waals surface area contributed by atoms with Crippen LogP contribution in [0.15, 0.2) is 42.5 Å². The third-order valence-electron chi connectivity index (χ3n) is 5.95. The van der Waals surface area contributed by atoms with Gasteiger partial charge in [0.25, 0.3) is 5.91 Å². The molecule has 2 aromatic rings. The van der Waals surface area contributed by atoms with Gasteiger partial charge >= 0.3 is 6.03 Å². The number of imide groups is 1. The number of benzene rings is 2. The number of amides is 3. The fourth-order valence-corrected chi connectivity index (χ4v) is 6.07. The van der Waals surface area contributed by atoms with Crippen molar-refractivity contribution in [3.63, 3.8) is 0 Å². The van der Waals surface area contributed by atoms with Gasteiger partial charge in [-0.1, -0.05) is 36.4 Å². The van der Waals surface area contributed by atoms with Crippen LogP contribution in [-0.4, -0.2) is 60.0 Å². The van der Waals surface area contributed by atoms with Crippen molar-refractivity contribution in [3.05, 3.63) is 42.5 Å². The van der Waals surface area contributed by atoms with Crippen LogP contribution in [0, 0.1) is 0 Å². The summed E-state index contributed by atoms with van der Waals surface area (Å²) in [6, 6.07) is 11.4. The van der Waals surface area contributed by atoms with E-state index in [9.17, 15) is 18.0 Å². The molecule has 2 unspecified atom stereocenters. The van der Waals surface area contributed by atoms with Crippen molar-refractivity contribution in [2.45, 2.75) is 31.5 Å². The number of piperazine rings is 1. The van der Waals surface area contributed by atoms with Crippen molar-refractivity contribution in [2.24, 2.45) is 0 Å². The Hall–Kier alpha value is -2.45. The minimum atomic E-state index is -3.40. The average Bonchev–Trinajstić information content (AvgIpc) is 3.33. The predicted octanol–water partition coefficient (Wildman–Crippen LogP) is 1.78.